The maximum absolute atomic E-state index is 6.31. The highest BCUT2D eigenvalue weighted by Crippen LogP contribution is 2.35. The third-order valence-electron chi connectivity index (χ3n) is 6.77. The smallest absolute Gasteiger partial charge is 0.183 e. The molecule has 0 N–H and O–H groups in total. The zero-order chi connectivity index (χ0) is 20.5. The van der Waals surface area contributed by atoms with Gasteiger partial charge in [0.1, 0.15) is 11.9 Å². The number of unbranched alkanes of at least 4 members (excludes halogenated alkanes) is 2. The van der Waals surface area contributed by atoms with Crippen molar-refractivity contribution in [2.24, 2.45) is 17.8 Å². The lowest BCUT2D eigenvalue weighted by molar-refractivity contribution is -0.205. The summed E-state index contributed by atoms with van der Waals surface area (Å²) in [7, 11) is 0. The second-order valence-corrected chi connectivity index (χ2v) is 8.94. The molecule has 29 heavy (non-hydrogen) atoms. The summed E-state index contributed by atoms with van der Waals surface area (Å²) in [6.07, 6.45) is 13.7. The maximum atomic E-state index is 6.31. The zero-order valence-electron chi connectivity index (χ0n) is 18.5. The molecule has 1 aromatic carbocycles. The van der Waals surface area contributed by atoms with Crippen LogP contribution in [0.4, 0.5) is 0 Å². The fraction of sp³-hybridized carbons (Fsp3) is 0.692. The number of rotatable bonds is 10. The lowest BCUT2D eigenvalue weighted by atomic mass is 9.77. The summed E-state index contributed by atoms with van der Waals surface area (Å²) >= 11 is 0. The van der Waals surface area contributed by atoms with Crippen molar-refractivity contribution in [1.29, 1.82) is 0 Å². The minimum absolute atomic E-state index is 0.102. The Morgan fingerprint density at radius 2 is 1.69 bits per heavy atom. The van der Waals surface area contributed by atoms with E-state index in [-0.39, 0.29) is 12.4 Å². The first-order valence-electron chi connectivity index (χ1n) is 11.9. The molecule has 1 aromatic rings. The van der Waals surface area contributed by atoms with Gasteiger partial charge in [0.15, 0.2) is 6.29 Å². The highest BCUT2D eigenvalue weighted by Gasteiger charge is 2.27. The SMILES string of the molecule is C=CC(Oc1ccc([C@H]2OC[C@H](CC)CO2)cc1)[C@H]1CC[C@H](CCCCC)CC1. The summed E-state index contributed by atoms with van der Waals surface area (Å²) < 4.78 is 18.1. The molecule has 2 aliphatic rings. The fourth-order valence-electron chi connectivity index (χ4n) is 4.66. The fourth-order valence-corrected chi connectivity index (χ4v) is 4.66. The van der Waals surface area contributed by atoms with E-state index >= 15 is 0 Å². The van der Waals surface area contributed by atoms with Crippen LogP contribution < -0.4 is 4.74 Å². The minimum Gasteiger partial charge on any atom is -0.486 e. The molecule has 1 unspecified atom stereocenters. The van der Waals surface area contributed by atoms with Crippen molar-refractivity contribution in [3.8, 4) is 5.75 Å². The predicted molar refractivity (Wildman–Crippen MR) is 119 cm³/mol. The molecular formula is C26H40O3. The van der Waals surface area contributed by atoms with Gasteiger partial charge in [-0.2, -0.15) is 0 Å². The first-order chi connectivity index (χ1) is 14.2. The predicted octanol–water partition coefficient (Wildman–Crippen LogP) is 7.08. The number of benzene rings is 1. The van der Waals surface area contributed by atoms with E-state index in [4.69, 9.17) is 14.2 Å². The second-order valence-electron chi connectivity index (χ2n) is 8.94. The molecule has 1 atom stereocenters. The Bertz CT molecular complexity index is 580. The minimum atomic E-state index is -0.245. The third-order valence-corrected chi connectivity index (χ3v) is 6.77. The Hall–Kier alpha value is -1.32. The Kier molecular flexibility index (Phi) is 9.07. The van der Waals surface area contributed by atoms with Gasteiger partial charge in [0.05, 0.1) is 13.2 Å². The maximum Gasteiger partial charge on any atom is 0.183 e. The molecule has 3 nitrogen and oxygen atoms in total. The largest absolute Gasteiger partial charge is 0.486 e. The number of ether oxygens (including phenoxy) is 3. The van der Waals surface area contributed by atoms with Crippen LogP contribution >= 0.6 is 0 Å². The van der Waals surface area contributed by atoms with Crippen LogP contribution in [-0.2, 0) is 9.47 Å². The van der Waals surface area contributed by atoms with Crippen LogP contribution in [0.1, 0.15) is 83.5 Å². The molecule has 0 amide bonds. The summed E-state index contributed by atoms with van der Waals surface area (Å²) in [4.78, 5) is 0. The van der Waals surface area contributed by atoms with Crippen molar-refractivity contribution >= 4 is 0 Å². The van der Waals surface area contributed by atoms with E-state index in [1.807, 2.05) is 18.2 Å². The summed E-state index contributed by atoms with van der Waals surface area (Å²) in [6.45, 7) is 10.1. The van der Waals surface area contributed by atoms with E-state index in [0.717, 1.165) is 36.9 Å². The molecular weight excluding hydrogens is 360 g/mol. The topological polar surface area (TPSA) is 27.7 Å². The van der Waals surface area contributed by atoms with Gasteiger partial charge in [0.2, 0.25) is 0 Å². The highest BCUT2D eigenvalue weighted by molar-refractivity contribution is 5.28. The first-order valence-corrected chi connectivity index (χ1v) is 11.9. The van der Waals surface area contributed by atoms with Crippen molar-refractivity contribution < 1.29 is 14.2 Å². The average Bonchev–Trinajstić information content (AvgIpc) is 2.79. The zero-order valence-corrected chi connectivity index (χ0v) is 18.5. The van der Waals surface area contributed by atoms with Crippen LogP contribution in [-0.4, -0.2) is 19.3 Å². The molecule has 1 heterocycles. The summed E-state index contributed by atoms with van der Waals surface area (Å²) in [5.41, 5.74) is 1.06. The van der Waals surface area contributed by atoms with Gasteiger partial charge in [-0.05, 0) is 43.2 Å². The van der Waals surface area contributed by atoms with Crippen LogP contribution in [0.25, 0.3) is 0 Å². The van der Waals surface area contributed by atoms with Gasteiger partial charge in [-0.15, -0.1) is 0 Å². The molecule has 2 fully saturated rings. The monoisotopic (exact) mass is 400 g/mol. The van der Waals surface area contributed by atoms with E-state index in [1.54, 1.807) is 0 Å². The van der Waals surface area contributed by atoms with E-state index < -0.39 is 0 Å². The van der Waals surface area contributed by atoms with E-state index in [9.17, 15) is 0 Å². The molecule has 162 valence electrons. The molecule has 1 aliphatic heterocycles. The quantitative estimate of drug-likeness (QED) is 0.310. The van der Waals surface area contributed by atoms with Gasteiger partial charge in [0, 0.05) is 11.5 Å². The van der Waals surface area contributed by atoms with Crippen LogP contribution in [0.3, 0.4) is 0 Å². The Labute approximate surface area is 177 Å². The van der Waals surface area contributed by atoms with Gasteiger partial charge in [0.25, 0.3) is 0 Å². The van der Waals surface area contributed by atoms with E-state index in [2.05, 4.69) is 32.6 Å². The van der Waals surface area contributed by atoms with Gasteiger partial charge in [-0.3, -0.25) is 0 Å². The highest BCUT2D eigenvalue weighted by atomic mass is 16.7. The summed E-state index contributed by atoms with van der Waals surface area (Å²) in [5.74, 6) is 2.94. The summed E-state index contributed by atoms with van der Waals surface area (Å²) in [6, 6.07) is 8.22. The van der Waals surface area contributed by atoms with Crippen LogP contribution in [0.15, 0.2) is 36.9 Å². The van der Waals surface area contributed by atoms with Crippen LogP contribution in [0.2, 0.25) is 0 Å². The normalized spacial score (nSPS) is 28.6. The molecule has 0 radical (unpaired) electrons. The second kappa shape index (κ2) is 11.8. The lowest BCUT2D eigenvalue weighted by Gasteiger charge is -2.33. The number of hydrogen-bond acceptors (Lipinski definition) is 3. The van der Waals surface area contributed by atoms with Crippen molar-refractivity contribution in [3.05, 3.63) is 42.5 Å². The van der Waals surface area contributed by atoms with Crippen molar-refractivity contribution in [3.63, 3.8) is 0 Å². The van der Waals surface area contributed by atoms with E-state index in [1.165, 1.54) is 51.4 Å². The standard InChI is InChI=1S/C26H40O3/c1-4-7-8-9-21-10-12-22(13-11-21)25(6-3)29-24-16-14-23(15-17-24)26-27-18-20(5-2)19-28-26/h6,14-17,20-22,25-26H,3-5,7-13,18-19H2,1-2H3/t20-,21-,22-,25?,26-. The number of hydrogen-bond donors (Lipinski definition) is 0. The summed E-state index contributed by atoms with van der Waals surface area (Å²) in [5, 5.41) is 0. The molecule has 0 bridgehead atoms. The average molecular weight is 401 g/mol. The Balaban J connectivity index is 1.47. The van der Waals surface area contributed by atoms with Gasteiger partial charge in [-0.1, -0.05) is 77.2 Å². The molecule has 0 spiro atoms. The third kappa shape index (κ3) is 6.58. The van der Waals surface area contributed by atoms with Crippen molar-refractivity contribution in [2.45, 2.75) is 84.0 Å². The molecule has 1 aliphatic carbocycles. The molecule has 3 heteroatoms. The van der Waals surface area contributed by atoms with E-state index in [0.29, 0.717) is 11.8 Å². The lowest BCUT2D eigenvalue weighted by Crippen LogP contribution is -2.29. The molecule has 1 saturated carbocycles. The Morgan fingerprint density at radius 1 is 1.00 bits per heavy atom. The van der Waals surface area contributed by atoms with Crippen molar-refractivity contribution in [1.82, 2.24) is 0 Å². The van der Waals surface area contributed by atoms with Crippen molar-refractivity contribution in [2.75, 3.05) is 13.2 Å². The van der Waals surface area contributed by atoms with Gasteiger partial charge >= 0.3 is 0 Å². The van der Waals surface area contributed by atoms with Gasteiger partial charge in [-0.25, -0.2) is 0 Å². The molecule has 0 aromatic heterocycles. The molecule has 3 rings (SSSR count). The van der Waals surface area contributed by atoms with Crippen LogP contribution in [0, 0.1) is 17.8 Å². The van der Waals surface area contributed by atoms with Crippen LogP contribution in [0.5, 0.6) is 5.75 Å². The van der Waals surface area contributed by atoms with Gasteiger partial charge < -0.3 is 14.2 Å². The first kappa shape index (κ1) is 22.4. The Morgan fingerprint density at radius 3 is 2.28 bits per heavy atom. The molecule has 1 saturated heterocycles.